The number of rotatable bonds is 4. The first-order valence-electron chi connectivity index (χ1n) is 6.85. The Kier molecular flexibility index (Phi) is 3.91. The van der Waals surface area contributed by atoms with Gasteiger partial charge in [0, 0.05) is 18.7 Å². The molecule has 0 aliphatic carbocycles. The third-order valence-electron chi connectivity index (χ3n) is 3.75. The topological polar surface area (TPSA) is 48.3 Å². The van der Waals surface area contributed by atoms with Gasteiger partial charge >= 0.3 is 0 Å². The molecule has 0 bridgehead atoms. The highest BCUT2D eigenvalue weighted by Gasteiger charge is 2.23. The van der Waals surface area contributed by atoms with E-state index in [9.17, 15) is 0 Å². The van der Waals surface area contributed by atoms with Crippen molar-refractivity contribution in [3.63, 3.8) is 0 Å². The van der Waals surface area contributed by atoms with Crippen molar-refractivity contribution in [2.75, 3.05) is 13.7 Å². The van der Waals surface area contributed by atoms with Gasteiger partial charge in [-0.1, -0.05) is 0 Å². The second-order valence-corrected chi connectivity index (χ2v) is 5.90. The normalized spacial score (nSPS) is 16.7. The molecule has 0 fully saturated rings. The molecule has 0 amide bonds. The van der Waals surface area contributed by atoms with Crippen molar-refractivity contribution >= 4 is 15.9 Å². The van der Waals surface area contributed by atoms with Crippen LogP contribution in [0.3, 0.4) is 0 Å². The summed E-state index contributed by atoms with van der Waals surface area (Å²) < 4.78 is 14.4. The number of hydrogen-bond acceptors (Lipinski definition) is 4. The quantitative estimate of drug-likeness (QED) is 0.919. The van der Waals surface area contributed by atoms with Crippen LogP contribution in [0.15, 0.2) is 22.7 Å². The molecule has 0 radical (unpaired) electrons. The predicted octanol–water partition coefficient (Wildman–Crippen LogP) is 2.72. The fraction of sp³-hybridized carbons (Fsp3) is 0.400. The summed E-state index contributed by atoms with van der Waals surface area (Å²) >= 11 is 3.55. The maximum absolute atomic E-state index is 5.87. The van der Waals surface area contributed by atoms with Crippen LogP contribution in [0.1, 0.15) is 23.0 Å². The van der Waals surface area contributed by atoms with Gasteiger partial charge in [0.15, 0.2) is 0 Å². The van der Waals surface area contributed by atoms with Crippen LogP contribution in [0, 0.1) is 6.92 Å². The lowest BCUT2D eigenvalue weighted by Crippen LogP contribution is -2.17. The first kappa shape index (κ1) is 14.4. The summed E-state index contributed by atoms with van der Waals surface area (Å²) in [6, 6.07) is 6.25. The van der Waals surface area contributed by atoms with Crippen LogP contribution in [-0.4, -0.2) is 23.4 Å². The summed E-state index contributed by atoms with van der Waals surface area (Å²) in [6.07, 6.45) is 0. The molecule has 0 spiro atoms. The van der Waals surface area contributed by atoms with Crippen LogP contribution in [0.5, 0.6) is 11.5 Å². The standard InChI is InChI=1S/C15H18BrN3O2/c1-9-15(16)13(19(3)18-9)8-20-10-4-5-11-12(17-2)7-21-14(11)6-10/h4-6,12,17H,7-8H2,1-3H3. The minimum atomic E-state index is 0.267. The van der Waals surface area contributed by atoms with Crippen LogP contribution >= 0.6 is 15.9 Å². The van der Waals surface area contributed by atoms with Gasteiger partial charge in [-0.05, 0) is 42.0 Å². The Balaban J connectivity index is 1.75. The van der Waals surface area contributed by atoms with Crippen LogP contribution in [0.25, 0.3) is 0 Å². The highest BCUT2D eigenvalue weighted by molar-refractivity contribution is 9.10. The second kappa shape index (κ2) is 5.69. The SMILES string of the molecule is CNC1COc2cc(OCc3c(Br)c(C)nn3C)ccc21. The summed E-state index contributed by atoms with van der Waals surface area (Å²) in [5.74, 6) is 1.70. The molecule has 5 nitrogen and oxygen atoms in total. The molecule has 112 valence electrons. The molecule has 1 N–H and O–H groups in total. The van der Waals surface area contributed by atoms with Crippen LogP contribution < -0.4 is 14.8 Å². The first-order valence-corrected chi connectivity index (χ1v) is 7.64. The lowest BCUT2D eigenvalue weighted by molar-refractivity contribution is 0.289. The molecule has 6 heteroatoms. The molecule has 1 aliphatic rings. The predicted molar refractivity (Wildman–Crippen MR) is 83.7 cm³/mol. The van der Waals surface area contributed by atoms with Gasteiger partial charge in [0.25, 0.3) is 0 Å². The van der Waals surface area contributed by atoms with Gasteiger partial charge in [0.05, 0.1) is 21.9 Å². The molecule has 0 saturated heterocycles. The summed E-state index contributed by atoms with van der Waals surface area (Å²) in [6.45, 7) is 3.10. The summed E-state index contributed by atoms with van der Waals surface area (Å²) in [5, 5.41) is 7.59. The lowest BCUT2D eigenvalue weighted by Gasteiger charge is -2.09. The monoisotopic (exact) mass is 351 g/mol. The van der Waals surface area contributed by atoms with Gasteiger partial charge in [0.1, 0.15) is 24.7 Å². The van der Waals surface area contributed by atoms with Gasteiger partial charge in [-0.15, -0.1) is 0 Å². The van der Waals surface area contributed by atoms with Crippen molar-refractivity contribution < 1.29 is 9.47 Å². The largest absolute Gasteiger partial charge is 0.491 e. The molecule has 0 saturated carbocycles. The number of aryl methyl sites for hydroxylation is 2. The number of nitrogens with zero attached hydrogens (tertiary/aromatic N) is 2. The lowest BCUT2D eigenvalue weighted by atomic mass is 10.1. The molecular formula is C15H18BrN3O2. The number of fused-ring (bicyclic) bond motifs is 1. The number of halogens is 1. The van der Waals surface area contributed by atoms with Crippen molar-refractivity contribution in [3.05, 3.63) is 39.6 Å². The second-order valence-electron chi connectivity index (χ2n) is 5.11. The van der Waals surface area contributed by atoms with E-state index in [0.717, 1.165) is 27.4 Å². The van der Waals surface area contributed by atoms with Crippen molar-refractivity contribution in [3.8, 4) is 11.5 Å². The Bertz CT molecular complexity index is 669. The van der Waals surface area contributed by atoms with E-state index in [4.69, 9.17) is 9.47 Å². The molecule has 1 aliphatic heterocycles. The highest BCUT2D eigenvalue weighted by atomic mass is 79.9. The van der Waals surface area contributed by atoms with Gasteiger partial charge in [0.2, 0.25) is 0 Å². The van der Waals surface area contributed by atoms with E-state index in [0.29, 0.717) is 13.2 Å². The van der Waals surface area contributed by atoms with E-state index in [-0.39, 0.29) is 6.04 Å². The van der Waals surface area contributed by atoms with Crippen LogP contribution in [0.2, 0.25) is 0 Å². The van der Waals surface area contributed by atoms with Gasteiger partial charge in [-0.3, -0.25) is 4.68 Å². The van der Waals surface area contributed by atoms with Crippen molar-refractivity contribution in [1.82, 2.24) is 15.1 Å². The summed E-state index contributed by atoms with van der Waals surface area (Å²) in [7, 11) is 3.86. The number of aromatic nitrogens is 2. The highest BCUT2D eigenvalue weighted by Crippen LogP contribution is 2.35. The molecule has 1 aromatic carbocycles. The maximum Gasteiger partial charge on any atom is 0.131 e. The van der Waals surface area contributed by atoms with E-state index >= 15 is 0 Å². The number of likely N-dealkylation sites (N-methyl/N-ethyl adjacent to an activating group) is 1. The molecule has 3 rings (SSSR count). The Morgan fingerprint density at radius 2 is 2.33 bits per heavy atom. The van der Waals surface area contributed by atoms with Crippen LogP contribution in [0.4, 0.5) is 0 Å². The van der Waals surface area contributed by atoms with Gasteiger partial charge in [-0.25, -0.2) is 0 Å². The van der Waals surface area contributed by atoms with E-state index in [1.807, 2.05) is 37.8 Å². The Hall–Kier alpha value is -1.53. The zero-order valence-corrected chi connectivity index (χ0v) is 13.9. The molecule has 1 aromatic heterocycles. The molecule has 21 heavy (non-hydrogen) atoms. The molecule has 2 heterocycles. The van der Waals surface area contributed by atoms with E-state index in [1.54, 1.807) is 0 Å². The smallest absolute Gasteiger partial charge is 0.131 e. The zero-order chi connectivity index (χ0) is 15.0. The molecular weight excluding hydrogens is 334 g/mol. The summed E-state index contributed by atoms with van der Waals surface area (Å²) in [5.41, 5.74) is 3.16. The Labute approximate surface area is 132 Å². The van der Waals surface area contributed by atoms with E-state index < -0.39 is 0 Å². The first-order chi connectivity index (χ1) is 10.1. The minimum absolute atomic E-state index is 0.267. The van der Waals surface area contributed by atoms with Crippen molar-refractivity contribution in [2.45, 2.75) is 19.6 Å². The van der Waals surface area contributed by atoms with E-state index in [1.165, 1.54) is 5.56 Å². The van der Waals surface area contributed by atoms with Crippen LogP contribution in [-0.2, 0) is 13.7 Å². The molecule has 1 unspecified atom stereocenters. The number of nitrogens with one attached hydrogen (secondary N) is 1. The third-order valence-corrected chi connectivity index (χ3v) is 4.78. The Morgan fingerprint density at radius 3 is 3.00 bits per heavy atom. The minimum Gasteiger partial charge on any atom is -0.491 e. The summed E-state index contributed by atoms with van der Waals surface area (Å²) in [4.78, 5) is 0. The van der Waals surface area contributed by atoms with Crippen molar-refractivity contribution in [2.24, 2.45) is 7.05 Å². The number of ether oxygens (including phenoxy) is 2. The molecule has 2 aromatic rings. The fourth-order valence-electron chi connectivity index (χ4n) is 2.51. The zero-order valence-electron chi connectivity index (χ0n) is 12.3. The van der Waals surface area contributed by atoms with Gasteiger partial charge < -0.3 is 14.8 Å². The fourth-order valence-corrected chi connectivity index (χ4v) is 2.96. The van der Waals surface area contributed by atoms with Gasteiger partial charge in [-0.2, -0.15) is 5.10 Å². The van der Waals surface area contributed by atoms with Crippen molar-refractivity contribution in [1.29, 1.82) is 0 Å². The van der Waals surface area contributed by atoms with E-state index in [2.05, 4.69) is 32.4 Å². The average molecular weight is 352 g/mol. The number of benzene rings is 1. The third kappa shape index (κ3) is 2.65. The Morgan fingerprint density at radius 1 is 1.52 bits per heavy atom. The average Bonchev–Trinajstić information content (AvgIpc) is 2.98. The molecule has 1 atom stereocenters. The maximum atomic E-state index is 5.87. The number of hydrogen-bond donors (Lipinski definition) is 1.